The van der Waals surface area contributed by atoms with Crippen LogP contribution in [0.5, 0.6) is 23.0 Å². The highest BCUT2D eigenvalue weighted by molar-refractivity contribution is 5.96. The van der Waals surface area contributed by atoms with Crippen molar-refractivity contribution in [2.45, 2.75) is 13.0 Å². The second-order valence-electron chi connectivity index (χ2n) is 5.64. The standard InChI is InChI=1S/C19H20O6/c1-10-6-15(23-4)12(9-14(10)22-3)18-17-13(19(20)25-18)7-11(21-2)8-16(17)24-5/h6-9,18H,1-5H3. The first-order valence-corrected chi connectivity index (χ1v) is 7.73. The van der Waals surface area contributed by atoms with Crippen LogP contribution in [-0.2, 0) is 4.74 Å². The SMILES string of the molecule is COc1cc(OC)c2c(c1)C(=O)OC2c1cc(OC)c(C)cc1OC. The summed E-state index contributed by atoms with van der Waals surface area (Å²) in [4.78, 5) is 12.4. The Morgan fingerprint density at radius 2 is 1.52 bits per heavy atom. The molecular formula is C19H20O6. The van der Waals surface area contributed by atoms with E-state index in [0.717, 1.165) is 5.56 Å². The van der Waals surface area contributed by atoms with E-state index in [9.17, 15) is 4.79 Å². The first-order chi connectivity index (χ1) is 12.0. The van der Waals surface area contributed by atoms with Crippen LogP contribution in [0.1, 0.15) is 33.2 Å². The van der Waals surface area contributed by atoms with Crippen molar-refractivity contribution in [2.75, 3.05) is 28.4 Å². The van der Waals surface area contributed by atoms with Crippen LogP contribution in [0, 0.1) is 6.92 Å². The third-order valence-electron chi connectivity index (χ3n) is 4.31. The monoisotopic (exact) mass is 344 g/mol. The van der Waals surface area contributed by atoms with E-state index in [4.69, 9.17) is 23.7 Å². The molecule has 0 saturated heterocycles. The zero-order valence-electron chi connectivity index (χ0n) is 14.8. The number of hydrogen-bond donors (Lipinski definition) is 0. The minimum Gasteiger partial charge on any atom is -0.497 e. The highest BCUT2D eigenvalue weighted by Gasteiger charge is 2.38. The summed E-state index contributed by atoms with van der Waals surface area (Å²) in [5.74, 6) is 1.92. The molecule has 1 atom stereocenters. The van der Waals surface area contributed by atoms with Crippen molar-refractivity contribution in [3.8, 4) is 23.0 Å². The van der Waals surface area contributed by atoms with Crippen LogP contribution >= 0.6 is 0 Å². The number of carbonyl (C=O) groups excluding carboxylic acids is 1. The number of benzene rings is 2. The summed E-state index contributed by atoms with van der Waals surface area (Å²) in [5, 5.41) is 0. The quantitative estimate of drug-likeness (QED) is 0.776. The van der Waals surface area contributed by atoms with Gasteiger partial charge in [0.2, 0.25) is 0 Å². The fourth-order valence-corrected chi connectivity index (χ4v) is 3.05. The maximum Gasteiger partial charge on any atom is 0.339 e. The minimum absolute atomic E-state index is 0.419. The number of cyclic esters (lactones) is 1. The fourth-order valence-electron chi connectivity index (χ4n) is 3.05. The molecule has 0 bridgehead atoms. The number of carbonyl (C=O) groups is 1. The Balaban J connectivity index is 2.21. The summed E-state index contributed by atoms with van der Waals surface area (Å²) in [5.41, 5.74) is 2.69. The normalized spacial score (nSPS) is 15.4. The second kappa shape index (κ2) is 6.55. The molecule has 3 rings (SSSR count). The lowest BCUT2D eigenvalue weighted by molar-refractivity contribution is 0.0450. The van der Waals surface area contributed by atoms with Crippen LogP contribution < -0.4 is 18.9 Å². The predicted molar refractivity (Wildman–Crippen MR) is 91.1 cm³/mol. The van der Waals surface area contributed by atoms with E-state index in [1.54, 1.807) is 33.5 Å². The number of fused-ring (bicyclic) bond motifs is 1. The zero-order chi connectivity index (χ0) is 18.1. The Morgan fingerprint density at radius 1 is 0.840 bits per heavy atom. The smallest absolute Gasteiger partial charge is 0.339 e. The van der Waals surface area contributed by atoms with Crippen LogP contribution in [-0.4, -0.2) is 34.4 Å². The van der Waals surface area contributed by atoms with Crippen molar-refractivity contribution in [3.63, 3.8) is 0 Å². The van der Waals surface area contributed by atoms with Gasteiger partial charge in [0.1, 0.15) is 23.0 Å². The molecule has 132 valence electrons. The molecule has 0 radical (unpaired) electrons. The molecule has 6 heteroatoms. The summed E-state index contributed by atoms with van der Waals surface area (Å²) < 4.78 is 27.2. The van der Waals surface area contributed by atoms with Crippen molar-refractivity contribution >= 4 is 5.97 Å². The fraction of sp³-hybridized carbons (Fsp3) is 0.316. The zero-order valence-corrected chi connectivity index (χ0v) is 14.8. The highest BCUT2D eigenvalue weighted by atomic mass is 16.6. The van der Waals surface area contributed by atoms with Gasteiger partial charge < -0.3 is 23.7 Å². The Labute approximate surface area is 146 Å². The lowest BCUT2D eigenvalue weighted by atomic mass is 9.96. The maximum atomic E-state index is 12.4. The molecule has 0 amide bonds. The van der Waals surface area contributed by atoms with E-state index < -0.39 is 12.1 Å². The summed E-state index contributed by atoms with van der Waals surface area (Å²) >= 11 is 0. The van der Waals surface area contributed by atoms with Gasteiger partial charge in [-0.05, 0) is 30.7 Å². The topological polar surface area (TPSA) is 63.2 Å². The van der Waals surface area contributed by atoms with E-state index in [1.165, 1.54) is 7.11 Å². The van der Waals surface area contributed by atoms with Crippen molar-refractivity contribution in [1.82, 2.24) is 0 Å². The average Bonchev–Trinajstić information content (AvgIpc) is 2.97. The van der Waals surface area contributed by atoms with Gasteiger partial charge in [-0.15, -0.1) is 0 Å². The van der Waals surface area contributed by atoms with E-state index in [-0.39, 0.29) is 0 Å². The van der Waals surface area contributed by atoms with Gasteiger partial charge >= 0.3 is 5.97 Å². The van der Waals surface area contributed by atoms with Gasteiger partial charge in [0.05, 0.1) is 39.6 Å². The van der Waals surface area contributed by atoms with Crippen molar-refractivity contribution in [3.05, 3.63) is 46.5 Å². The molecule has 2 aromatic carbocycles. The highest BCUT2D eigenvalue weighted by Crippen LogP contribution is 2.47. The van der Waals surface area contributed by atoms with Gasteiger partial charge in [-0.3, -0.25) is 0 Å². The maximum absolute atomic E-state index is 12.4. The average molecular weight is 344 g/mol. The summed E-state index contributed by atoms with van der Waals surface area (Å²) in [7, 11) is 6.25. The molecule has 1 aliphatic rings. The van der Waals surface area contributed by atoms with E-state index in [0.29, 0.717) is 39.7 Å². The number of methoxy groups -OCH3 is 4. The molecule has 1 unspecified atom stereocenters. The molecule has 0 aliphatic carbocycles. The lowest BCUT2D eigenvalue weighted by Gasteiger charge is -2.19. The molecule has 25 heavy (non-hydrogen) atoms. The number of rotatable bonds is 5. The van der Waals surface area contributed by atoms with Gasteiger partial charge in [-0.2, -0.15) is 0 Å². The van der Waals surface area contributed by atoms with Crippen molar-refractivity contribution < 1.29 is 28.5 Å². The predicted octanol–water partition coefficient (Wildman–Crippen LogP) is 3.29. The van der Waals surface area contributed by atoms with E-state index in [1.807, 2.05) is 19.1 Å². The summed E-state index contributed by atoms with van der Waals surface area (Å²) in [6.07, 6.45) is -0.646. The van der Waals surface area contributed by atoms with Gasteiger partial charge in [0, 0.05) is 11.6 Å². The van der Waals surface area contributed by atoms with Gasteiger partial charge in [-0.25, -0.2) is 4.79 Å². The number of aryl methyl sites for hydroxylation is 1. The Bertz CT molecular complexity index is 827. The first-order valence-electron chi connectivity index (χ1n) is 7.73. The number of esters is 1. The molecule has 0 N–H and O–H groups in total. The van der Waals surface area contributed by atoms with Crippen LogP contribution in [0.2, 0.25) is 0 Å². The first kappa shape index (κ1) is 17.0. The molecule has 0 spiro atoms. The largest absolute Gasteiger partial charge is 0.497 e. The summed E-state index contributed by atoms with van der Waals surface area (Å²) in [6, 6.07) is 7.06. The number of hydrogen-bond acceptors (Lipinski definition) is 6. The van der Waals surface area contributed by atoms with Crippen molar-refractivity contribution in [2.24, 2.45) is 0 Å². The minimum atomic E-state index is -0.646. The third-order valence-corrected chi connectivity index (χ3v) is 4.31. The molecule has 6 nitrogen and oxygen atoms in total. The molecule has 1 heterocycles. The second-order valence-corrected chi connectivity index (χ2v) is 5.64. The molecule has 1 aliphatic heterocycles. The van der Waals surface area contributed by atoms with Crippen LogP contribution in [0.4, 0.5) is 0 Å². The molecular weight excluding hydrogens is 324 g/mol. The third kappa shape index (κ3) is 2.73. The van der Waals surface area contributed by atoms with Crippen molar-refractivity contribution in [1.29, 1.82) is 0 Å². The Hall–Kier alpha value is -2.89. The van der Waals surface area contributed by atoms with Gasteiger partial charge in [-0.1, -0.05) is 0 Å². The summed E-state index contributed by atoms with van der Waals surface area (Å²) in [6.45, 7) is 1.92. The molecule has 0 saturated carbocycles. The van der Waals surface area contributed by atoms with Crippen LogP contribution in [0.3, 0.4) is 0 Å². The van der Waals surface area contributed by atoms with Crippen LogP contribution in [0.25, 0.3) is 0 Å². The molecule has 2 aromatic rings. The number of ether oxygens (including phenoxy) is 5. The lowest BCUT2D eigenvalue weighted by Crippen LogP contribution is -2.05. The molecule has 0 aromatic heterocycles. The van der Waals surface area contributed by atoms with E-state index >= 15 is 0 Å². The van der Waals surface area contributed by atoms with Crippen LogP contribution in [0.15, 0.2) is 24.3 Å². The van der Waals surface area contributed by atoms with Gasteiger partial charge in [0.15, 0.2) is 6.10 Å². The molecule has 0 fully saturated rings. The van der Waals surface area contributed by atoms with E-state index in [2.05, 4.69) is 0 Å². The Kier molecular flexibility index (Phi) is 4.44. The van der Waals surface area contributed by atoms with Gasteiger partial charge in [0.25, 0.3) is 0 Å². The Morgan fingerprint density at radius 3 is 2.12 bits per heavy atom.